The van der Waals surface area contributed by atoms with Crippen molar-refractivity contribution in [3.63, 3.8) is 0 Å². The summed E-state index contributed by atoms with van der Waals surface area (Å²) in [5, 5.41) is 7.86. The van der Waals surface area contributed by atoms with Crippen LogP contribution >= 0.6 is 0 Å². The molecule has 1 aromatic heterocycles. The molecule has 0 radical (unpaired) electrons. The Kier molecular flexibility index (Phi) is 6.48. The molecule has 0 aliphatic heterocycles. The molecule has 0 saturated carbocycles. The predicted molar refractivity (Wildman–Crippen MR) is 88.4 cm³/mol. The van der Waals surface area contributed by atoms with Crippen molar-refractivity contribution in [2.24, 2.45) is 7.05 Å². The highest BCUT2D eigenvalue weighted by molar-refractivity contribution is 5.14. The molecule has 2 rings (SSSR count). The van der Waals surface area contributed by atoms with Crippen molar-refractivity contribution in [3.05, 3.63) is 53.9 Å². The molecule has 1 atom stereocenters. The summed E-state index contributed by atoms with van der Waals surface area (Å²) < 4.78 is 1.98. The van der Waals surface area contributed by atoms with Gasteiger partial charge in [0.2, 0.25) is 0 Å². The topological polar surface area (TPSA) is 29.9 Å². The third-order valence-corrected chi connectivity index (χ3v) is 4.03. The average Bonchev–Trinajstić information content (AvgIpc) is 2.91. The standard InChI is InChI=1S/C18H27N3/c1-3-19-17(12-13-18-14-15-20-21(18)2)11-7-10-16-8-5-4-6-9-16/h4-6,8-9,14-15,17,19H,3,7,10-13H2,1-2H3. The van der Waals surface area contributed by atoms with Crippen LogP contribution < -0.4 is 5.32 Å². The first-order valence-electron chi connectivity index (χ1n) is 8.03. The van der Waals surface area contributed by atoms with Crippen LogP contribution in [0.25, 0.3) is 0 Å². The van der Waals surface area contributed by atoms with Crippen LogP contribution in [0, 0.1) is 0 Å². The van der Waals surface area contributed by atoms with Gasteiger partial charge in [-0.15, -0.1) is 0 Å². The molecule has 0 fully saturated rings. The number of rotatable bonds is 9. The summed E-state index contributed by atoms with van der Waals surface area (Å²) in [6.07, 6.45) is 7.82. The van der Waals surface area contributed by atoms with E-state index in [1.54, 1.807) is 0 Å². The van der Waals surface area contributed by atoms with Gasteiger partial charge in [0.1, 0.15) is 0 Å². The molecule has 1 heterocycles. The van der Waals surface area contributed by atoms with Gasteiger partial charge in [-0.25, -0.2) is 0 Å². The molecule has 0 aliphatic carbocycles. The molecule has 0 bridgehead atoms. The molecule has 21 heavy (non-hydrogen) atoms. The molecule has 3 heteroatoms. The average molecular weight is 285 g/mol. The summed E-state index contributed by atoms with van der Waals surface area (Å²) >= 11 is 0. The highest BCUT2D eigenvalue weighted by Gasteiger charge is 2.09. The third-order valence-electron chi connectivity index (χ3n) is 4.03. The Morgan fingerprint density at radius 2 is 1.90 bits per heavy atom. The molecule has 1 unspecified atom stereocenters. The quantitative estimate of drug-likeness (QED) is 0.765. The van der Waals surface area contributed by atoms with Gasteiger partial charge in [0.15, 0.2) is 0 Å². The van der Waals surface area contributed by atoms with E-state index in [2.05, 4.69) is 53.7 Å². The van der Waals surface area contributed by atoms with E-state index in [-0.39, 0.29) is 0 Å². The van der Waals surface area contributed by atoms with Crippen LogP contribution in [-0.2, 0) is 19.9 Å². The number of nitrogens with zero attached hydrogens (tertiary/aromatic N) is 2. The number of nitrogens with one attached hydrogen (secondary N) is 1. The number of benzene rings is 1. The fourth-order valence-corrected chi connectivity index (χ4v) is 2.80. The Balaban J connectivity index is 1.75. The minimum atomic E-state index is 0.605. The van der Waals surface area contributed by atoms with Crippen LogP contribution in [-0.4, -0.2) is 22.4 Å². The Morgan fingerprint density at radius 1 is 1.10 bits per heavy atom. The van der Waals surface area contributed by atoms with E-state index in [1.807, 2.05) is 17.9 Å². The minimum absolute atomic E-state index is 0.605. The van der Waals surface area contributed by atoms with Crippen LogP contribution in [0.15, 0.2) is 42.6 Å². The van der Waals surface area contributed by atoms with Gasteiger partial charge in [0, 0.05) is 25.0 Å². The molecule has 3 nitrogen and oxygen atoms in total. The van der Waals surface area contributed by atoms with E-state index in [9.17, 15) is 0 Å². The Hall–Kier alpha value is -1.61. The second kappa shape index (κ2) is 8.63. The van der Waals surface area contributed by atoms with E-state index >= 15 is 0 Å². The molecule has 0 saturated heterocycles. The smallest absolute Gasteiger partial charge is 0.0492 e. The SMILES string of the molecule is CCNC(CCCc1ccccc1)CCc1ccnn1C. The first-order chi connectivity index (χ1) is 10.3. The van der Waals surface area contributed by atoms with Gasteiger partial charge in [0.25, 0.3) is 0 Å². The molecule has 1 N–H and O–H groups in total. The van der Waals surface area contributed by atoms with Gasteiger partial charge < -0.3 is 5.32 Å². The third kappa shape index (κ3) is 5.35. The van der Waals surface area contributed by atoms with Crippen LogP contribution in [0.1, 0.15) is 37.4 Å². The Bertz CT molecular complexity index is 504. The van der Waals surface area contributed by atoms with E-state index in [4.69, 9.17) is 0 Å². The van der Waals surface area contributed by atoms with E-state index < -0.39 is 0 Å². The lowest BCUT2D eigenvalue weighted by atomic mass is 10.0. The van der Waals surface area contributed by atoms with Crippen molar-refractivity contribution in [1.82, 2.24) is 15.1 Å². The lowest BCUT2D eigenvalue weighted by Crippen LogP contribution is -2.29. The molecule has 0 aliphatic rings. The second-order valence-electron chi connectivity index (χ2n) is 5.62. The molecule has 114 valence electrons. The summed E-state index contributed by atoms with van der Waals surface area (Å²) in [6, 6.07) is 13.5. The highest BCUT2D eigenvalue weighted by Crippen LogP contribution is 2.11. The number of aromatic nitrogens is 2. The number of hydrogen-bond donors (Lipinski definition) is 1. The summed E-state index contributed by atoms with van der Waals surface area (Å²) in [5.41, 5.74) is 2.76. The van der Waals surface area contributed by atoms with E-state index in [1.165, 1.54) is 36.9 Å². The maximum Gasteiger partial charge on any atom is 0.0492 e. The largest absolute Gasteiger partial charge is 0.314 e. The summed E-state index contributed by atoms with van der Waals surface area (Å²) in [4.78, 5) is 0. The molecule has 0 amide bonds. The van der Waals surface area contributed by atoms with Crippen molar-refractivity contribution in [3.8, 4) is 0 Å². The summed E-state index contributed by atoms with van der Waals surface area (Å²) in [7, 11) is 2.02. The number of hydrogen-bond acceptors (Lipinski definition) is 2. The monoisotopic (exact) mass is 285 g/mol. The zero-order chi connectivity index (χ0) is 14.9. The van der Waals surface area contributed by atoms with Gasteiger partial charge >= 0.3 is 0 Å². The van der Waals surface area contributed by atoms with Gasteiger partial charge in [-0.3, -0.25) is 4.68 Å². The lowest BCUT2D eigenvalue weighted by Gasteiger charge is -2.18. The zero-order valence-electron chi connectivity index (χ0n) is 13.3. The summed E-state index contributed by atoms with van der Waals surface area (Å²) in [5.74, 6) is 0. The van der Waals surface area contributed by atoms with Gasteiger partial charge in [-0.1, -0.05) is 37.3 Å². The normalized spacial score (nSPS) is 12.5. The first kappa shape index (κ1) is 15.8. The van der Waals surface area contributed by atoms with Gasteiger partial charge in [0.05, 0.1) is 0 Å². The minimum Gasteiger partial charge on any atom is -0.314 e. The molecule has 1 aromatic carbocycles. The second-order valence-corrected chi connectivity index (χ2v) is 5.62. The Morgan fingerprint density at radius 3 is 2.57 bits per heavy atom. The maximum absolute atomic E-state index is 4.24. The maximum atomic E-state index is 4.24. The lowest BCUT2D eigenvalue weighted by molar-refractivity contribution is 0.447. The highest BCUT2D eigenvalue weighted by atomic mass is 15.2. The van der Waals surface area contributed by atoms with Crippen molar-refractivity contribution in [2.45, 2.75) is 45.1 Å². The van der Waals surface area contributed by atoms with Crippen LogP contribution in [0.3, 0.4) is 0 Å². The van der Waals surface area contributed by atoms with Gasteiger partial charge in [-0.2, -0.15) is 5.10 Å². The fraction of sp³-hybridized carbons (Fsp3) is 0.500. The summed E-state index contributed by atoms with van der Waals surface area (Å²) in [6.45, 7) is 3.23. The van der Waals surface area contributed by atoms with Crippen LogP contribution in [0.4, 0.5) is 0 Å². The predicted octanol–water partition coefficient (Wildman–Crippen LogP) is 3.35. The van der Waals surface area contributed by atoms with Crippen LogP contribution in [0.5, 0.6) is 0 Å². The van der Waals surface area contributed by atoms with Crippen molar-refractivity contribution in [1.29, 1.82) is 0 Å². The van der Waals surface area contributed by atoms with E-state index in [0.29, 0.717) is 6.04 Å². The number of aryl methyl sites for hydroxylation is 3. The van der Waals surface area contributed by atoms with Gasteiger partial charge in [-0.05, 0) is 50.3 Å². The van der Waals surface area contributed by atoms with Crippen molar-refractivity contribution < 1.29 is 0 Å². The zero-order valence-corrected chi connectivity index (χ0v) is 13.3. The Labute approximate surface area is 128 Å². The van der Waals surface area contributed by atoms with Crippen molar-refractivity contribution in [2.75, 3.05) is 6.54 Å². The van der Waals surface area contributed by atoms with Crippen molar-refractivity contribution >= 4 is 0 Å². The molecular formula is C18H27N3. The molecule has 0 spiro atoms. The van der Waals surface area contributed by atoms with Crippen LogP contribution in [0.2, 0.25) is 0 Å². The molecular weight excluding hydrogens is 258 g/mol. The van der Waals surface area contributed by atoms with E-state index in [0.717, 1.165) is 13.0 Å². The molecule has 2 aromatic rings. The fourth-order valence-electron chi connectivity index (χ4n) is 2.80. The first-order valence-corrected chi connectivity index (χ1v) is 8.03.